The van der Waals surface area contributed by atoms with E-state index in [2.05, 4.69) is 54.6 Å². The molecule has 1 nitrogen and oxygen atoms in total. The molecule has 1 heterocycles. The van der Waals surface area contributed by atoms with E-state index in [0.717, 1.165) is 0 Å². The molecule has 2 atom stereocenters. The van der Waals surface area contributed by atoms with Crippen LogP contribution in [0.5, 0.6) is 0 Å². The summed E-state index contributed by atoms with van der Waals surface area (Å²) in [5.41, 5.74) is 4.13. The smallest absolute Gasteiger partial charge is 0.0419 e. The van der Waals surface area contributed by atoms with Gasteiger partial charge in [-0.05, 0) is 24.1 Å². The molecule has 0 saturated carbocycles. The van der Waals surface area contributed by atoms with Crippen molar-refractivity contribution in [3.63, 3.8) is 0 Å². The van der Waals surface area contributed by atoms with Gasteiger partial charge in [0, 0.05) is 23.7 Å². The molecule has 0 saturated heterocycles. The monoisotopic (exact) mass is 183 g/mol. The molecule has 70 valence electrons. The normalized spacial score (nSPS) is 27.5. The fourth-order valence-corrected chi connectivity index (χ4v) is 2.44. The first-order chi connectivity index (χ1) is 6.86. The van der Waals surface area contributed by atoms with Gasteiger partial charge in [-0.1, -0.05) is 30.4 Å². The summed E-state index contributed by atoms with van der Waals surface area (Å²) in [6, 6.07) is 0. The lowest BCUT2D eigenvalue weighted by molar-refractivity contribution is 0.689. The molecule has 0 fully saturated rings. The van der Waals surface area contributed by atoms with E-state index in [1.807, 2.05) is 0 Å². The van der Waals surface area contributed by atoms with E-state index >= 15 is 0 Å². The van der Waals surface area contributed by atoms with Gasteiger partial charge in [0.05, 0.1) is 0 Å². The van der Waals surface area contributed by atoms with Gasteiger partial charge in [-0.3, -0.25) is 0 Å². The lowest BCUT2D eigenvalue weighted by atomic mass is 9.78. The zero-order chi connectivity index (χ0) is 9.54. The number of nitrogens with one attached hydrogen (secondary N) is 1. The predicted molar refractivity (Wildman–Crippen MR) is 59.1 cm³/mol. The highest BCUT2D eigenvalue weighted by molar-refractivity contribution is 5.60. The van der Waals surface area contributed by atoms with Crippen molar-refractivity contribution in [1.29, 1.82) is 0 Å². The van der Waals surface area contributed by atoms with Gasteiger partial charge < -0.3 is 4.98 Å². The number of hydrogen-bond donors (Lipinski definition) is 1. The number of aryl methyl sites for hydroxylation is 1. The zero-order valence-electron chi connectivity index (χ0n) is 8.20. The third kappa shape index (κ3) is 0.955. The summed E-state index contributed by atoms with van der Waals surface area (Å²) < 4.78 is 0. The van der Waals surface area contributed by atoms with E-state index in [4.69, 9.17) is 0 Å². The molecule has 1 heteroatoms. The van der Waals surface area contributed by atoms with Crippen molar-refractivity contribution in [3.8, 4) is 0 Å². The Hall–Kier alpha value is -1.50. The molecule has 0 spiro atoms. The number of fused-ring (bicyclic) bond motifs is 3. The van der Waals surface area contributed by atoms with E-state index in [0.29, 0.717) is 11.8 Å². The molecule has 2 unspecified atom stereocenters. The number of hydrogen-bond acceptors (Lipinski definition) is 0. The Bertz CT molecular complexity index is 446. The van der Waals surface area contributed by atoms with Gasteiger partial charge in [-0.2, -0.15) is 0 Å². The number of rotatable bonds is 0. The van der Waals surface area contributed by atoms with Crippen molar-refractivity contribution in [2.24, 2.45) is 5.92 Å². The molecule has 2 aliphatic carbocycles. The Balaban J connectivity index is 2.18. The summed E-state index contributed by atoms with van der Waals surface area (Å²) in [5.74, 6) is 1.10. The van der Waals surface area contributed by atoms with Gasteiger partial charge in [0.15, 0.2) is 0 Å². The predicted octanol–water partition coefficient (Wildman–Crippen LogP) is 3.18. The molecular weight excluding hydrogens is 170 g/mol. The van der Waals surface area contributed by atoms with Crippen LogP contribution in [0, 0.1) is 12.8 Å². The van der Waals surface area contributed by atoms with Crippen LogP contribution < -0.4 is 0 Å². The Morgan fingerprint density at radius 2 is 2.00 bits per heavy atom. The van der Waals surface area contributed by atoms with Crippen molar-refractivity contribution >= 4 is 6.08 Å². The van der Waals surface area contributed by atoms with Gasteiger partial charge >= 0.3 is 0 Å². The van der Waals surface area contributed by atoms with Crippen molar-refractivity contribution in [2.45, 2.75) is 12.8 Å². The molecule has 0 aromatic carbocycles. The van der Waals surface area contributed by atoms with Crippen LogP contribution in [-0.4, -0.2) is 4.98 Å². The van der Waals surface area contributed by atoms with Crippen LogP contribution in [0.2, 0.25) is 0 Å². The third-order valence-electron chi connectivity index (χ3n) is 3.16. The Labute approximate surface area is 83.8 Å². The minimum atomic E-state index is 0.547. The Morgan fingerprint density at radius 3 is 2.93 bits per heavy atom. The van der Waals surface area contributed by atoms with Gasteiger partial charge in [0.2, 0.25) is 0 Å². The molecule has 3 rings (SSSR count). The average Bonchev–Trinajstić information content (AvgIpc) is 2.61. The average molecular weight is 183 g/mol. The van der Waals surface area contributed by atoms with Crippen molar-refractivity contribution in [3.05, 3.63) is 53.4 Å². The van der Waals surface area contributed by atoms with Crippen LogP contribution in [-0.2, 0) is 0 Å². The topological polar surface area (TPSA) is 15.8 Å². The standard InChI is InChI=1S/C13H13N/c1-9-8-14-12-7-6-10-4-2-3-5-11(10)13(9)12/h2-8,10-11,14H,1H3. The minimum absolute atomic E-state index is 0.547. The van der Waals surface area contributed by atoms with E-state index in [1.165, 1.54) is 16.8 Å². The quantitative estimate of drug-likeness (QED) is 0.636. The zero-order valence-corrected chi connectivity index (χ0v) is 8.20. The van der Waals surface area contributed by atoms with E-state index in [1.54, 1.807) is 0 Å². The highest BCUT2D eigenvalue weighted by Crippen LogP contribution is 2.38. The number of aromatic amines is 1. The van der Waals surface area contributed by atoms with Gasteiger partial charge in [0.25, 0.3) is 0 Å². The van der Waals surface area contributed by atoms with Crippen LogP contribution in [0.25, 0.3) is 6.08 Å². The summed E-state index contributed by atoms with van der Waals surface area (Å²) in [4.78, 5) is 3.31. The maximum atomic E-state index is 3.31. The van der Waals surface area contributed by atoms with Crippen LogP contribution in [0.4, 0.5) is 0 Å². The molecule has 0 bridgehead atoms. The SMILES string of the molecule is Cc1c[nH]c2c1C1C=CC=CC1C=C2. The molecule has 14 heavy (non-hydrogen) atoms. The second kappa shape index (κ2) is 2.74. The number of allylic oxidation sites excluding steroid dienone is 5. The van der Waals surface area contributed by atoms with E-state index in [9.17, 15) is 0 Å². The second-order valence-corrected chi connectivity index (χ2v) is 4.03. The summed E-state index contributed by atoms with van der Waals surface area (Å²) in [6.45, 7) is 2.18. The third-order valence-corrected chi connectivity index (χ3v) is 3.16. The van der Waals surface area contributed by atoms with Crippen LogP contribution >= 0.6 is 0 Å². The number of aromatic nitrogens is 1. The summed E-state index contributed by atoms with van der Waals surface area (Å²) in [7, 11) is 0. The van der Waals surface area contributed by atoms with Crippen molar-refractivity contribution < 1.29 is 0 Å². The Kier molecular flexibility index (Phi) is 1.54. The second-order valence-electron chi connectivity index (χ2n) is 4.03. The molecular formula is C13H13N. The first-order valence-corrected chi connectivity index (χ1v) is 5.07. The summed E-state index contributed by atoms with van der Waals surface area (Å²) >= 11 is 0. The van der Waals surface area contributed by atoms with Crippen LogP contribution in [0.1, 0.15) is 22.7 Å². The van der Waals surface area contributed by atoms with Gasteiger partial charge in [-0.15, -0.1) is 0 Å². The lowest BCUT2D eigenvalue weighted by Crippen LogP contribution is -2.13. The minimum Gasteiger partial charge on any atom is -0.361 e. The van der Waals surface area contributed by atoms with E-state index in [-0.39, 0.29) is 0 Å². The molecule has 1 N–H and O–H groups in total. The number of H-pyrrole nitrogens is 1. The van der Waals surface area contributed by atoms with Gasteiger partial charge in [-0.25, -0.2) is 0 Å². The molecule has 1 aromatic rings. The van der Waals surface area contributed by atoms with Crippen molar-refractivity contribution in [2.75, 3.05) is 0 Å². The largest absolute Gasteiger partial charge is 0.361 e. The highest BCUT2D eigenvalue weighted by Gasteiger charge is 2.25. The maximum absolute atomic E-state index is 3.31. The summed E-state index contributed by atoms with van der Waals surface area (Å²) in [6.07, 6.45) is 15.4. The van der Waals surface area contributed by atoms with E-state index < -0.39 is 0 Å². The summed E-state index contributed by atoms with van der Waals surface area (Å²) in [5, 5.41) is 0. The fourth-order valence-electron chi connectivity index (χ4n) is 2.44. The van der Waals surface area contributed by atoms with Crippen LogP contribution in [0.3, 0.4) is 0 Å². The lowest BCUT2D eigenvalue weighted by Gasteiger charge is -2.25. The molecule has 0 aliphatic heterocycles. The molecule has 0 radical (unpaired) electrons. The molecule has 0 amide bonds. The van der Waals surface area contributed by atoms with Gasteiger partial charge in [0.1, 0.15) is 0 Å². The fraction of sp³-hybridized carbons (Fsp3) is 0.231. The Morgan fingerprint density at radius 1 is 1.14 bits per heavy atom. The highest BCUT2D eigenvalue weighted by atomic mass is 14.7. The first-order valence-electron chi connectivity index (χ1n) is 5.07. The van der Waals surface area contributed by atoms with Crippen molar-refractivity contribution in [1.82, 2.24) is 4.98 Å². The molecule has 1 aromatic heterocycles. The first kappa shape index (κ1) is 7.86. The molecule has 2 aliphatic rings. The van der Waals surface area contributed by atoms with Crippen LogP contribution in [0.15, 0.2) is 36.6 Å². The maximum Gasteiger partial charge on any atom is 0.0419 e.